The lowest BCUT2D eigenvalue weighted by molar-refractivity contribution is -0.627. The van der Waals surface area contributed by atoms with Crippen molar-refractivity contribution in [1.82, 2.24) is 10.3 Å². The molecule has 2 fully saturated rings. The fourth-order valence-electron chi connectivity index (χ4n) is 5.05. The lowest BCUT2D eigenvalue weighted by Gasteiger charge is -2.38. The molecule has 4 heterocycles. The summed E-state index contributed by atoms with van der Waals surface area (Å²) in [5, 5.41) is 16.5. The minimum Gasteiger partial charge on any atom is -0.424 e. The number of thioether (sulfide) groups is 1. The molecule has 0 radical (unpaired) electrons. The van der Waals surface area contributed by atoms with Gasteiger partial charge in [-0.3, -0.25) is 14.9 Å². The van der Waals surface area contributed by atoms with Gasteiger partial charge in [0.2, 0.25) is 10.8 Å². The molecule has 1 aromatic heterocycles. The second kappa shape index (κ2) is 5.07. The molecule has 3 aromatic rings. The molecule has 1 amide bonds. The van der Waals surface area contributed by atoms with Crippen LogP contribution in [0.5, 0.6) is 5.75 Å². The van der Waals surface area contributed by atoms with E-state index in [1.165, 1.54) is 11.8 Å². The predicted molar refractivity (Wildman–Crippen MR) is 107 cm³/mol. The van der Waals surface area contributed by atoms with Crippen LogP contribution in [-0.2, 0) is 9.67 Å². The highest BCUT2D eigenvalue weighted by Gasteiger charge is 2.89. The molecule has 0 unspecified atom stereocenters. The van der Waals surface area contributed by atoms with Crippen molar-refractivity contribution in [2.24, 2.45) is 0 Å². The summed E-state index contributed by atoms with van der Waals surface area (Å²) in [7, 11) is 0. The highest BCUT2D eigenvalue weighted by Crippen LogP contribution is 2.73. The number of nitrogens with zero attached hydrogens (tertiary/aromatic N) is 2. The van der Waals surface area contributed by atoms with Crippen molar-refractivity contribution in [3.63, 3.8) is 0 Å². The van der Waals surface area contributed by atoms with Crippen LogP contribution in [0.2, 0.25) is 0 Å². The number of carbonyl (C=O) groups excluding carboxylic acids is 1. The molecule has 2 saturated heterocycles. The molecule has 0 aliphatic carbocycles. The lowest BCUT2D eigenvalue weighted by Crippen LogP contribution is -2.69. The van der Waals surface area contributed by atoms with Crippen LogP contribution < -0.4 is 10.1 Å². The molecular formula is C21H15N3O4S. The summed E-state index contributed by atoms with van der Waals surface area (Å²) in [5.74, 6) is -0.518. The molecule has 7 nitrogen and oxygen atoms in total. The van der Waals surface area contributed by atoms with Gasteiger partial charge in [-0.25, -0.2) is 4.98 Å². The van der Waals surface area contributed by atoms with Gasteiger partial charge in [0.15, 0.2) is 0 Å². The number of nitro groups is 1. The topological polar surface area (TPSA) is 94.4 Å². The van der Waals surface area contributed by atoms with Gasteiger partial charge in [-0.05, 0) is 25.1 Å². The molecule has 0 spiro atoms. The minimum absolute atomic E-state index is 0.236. The zero-order valence-electron chi connectivity index (χ0n) is 15.3. The van der Waals surface area contributed by atoms with Gasteiger partial charge >= 0.3 is 5.72 Å². The van der Waals surface area contributed by atoms with Gasteiger partial charge in [-0.15, -0.1) is 0 Å². The third kappa shape index (κ3) is 1.72. The Labute approximate surface area is 169 Å². The van der Waals surface area contributed by atoms with Crippen molar-refractivity contribution in [3.05, 3.63) is 82.0 Å². The third-order valence-electron chi connectivity index (χ3n) is 6.28. The number of rotatable bonds is 2. The first kappa shape index (κ1) is 16.8. The maximum Gasteiger partial charge on any atom is 0.410 e. The summed E-state index contributed by atoms with van der Waals surface area (Å²) in [6, 6.07) is 18.3. The number of ether oxygens (including phenoxy) is 1. The van der Waals surface area contributed by atoms with Gasteiger partial charge in [0.05, 0.1) is 16.1 Å². The van der Waals surface area contributed by atoms with Crippen molar-refractivity contribution < 1.29 is 14.5 Å². The maximum absolute atomic E-state index is 13.1. The Morgan fingerprint density at radius 2 is 1.90 bits per heavy atom. The molecule has 4 atom stereocenters. The smallest absolute Gasteiger partial charge is 0.410 e. The number of aromatic nitrogens is 1. The predicted octanol–water partition coefficient (Wildman–Crippen LogP) is 3.17. The van der Waals surface area contributed by atoms with Crippen molar-refractivity contribution in [3.8, 4) is 5.75 Å². The van der Waals surface area contributed by atoms with E-state index < -0.39 is 21.3 Å². The maximum atomic E-state index is 13.1. The van der Waals surface area contributed by atoms with Crippen molar-refractivity contribution in [2.75, 3.05) is 0 Å². The first-order valence-electron chi connectivity index (χ1n) is 9.24. The van der Waals surface area contributed by atoms with Gasteiger partial charge in [-0.2, -0.15) is 0 Å². The van der Waals surface area contributed by atoms with Crippen LogP contribution in [0.15, 0.2) is 60.7 Å². The Balaban J connectivity index is 1.67. The summed E-state index contributed by atoms with van der Waals surface area (Å²) >= 11 is 1.24. The van der Waals surface area contributed by atoms with Gasteiger partial charge in [0.1, 0.15) is 16.4 Å². The molecule has 3 aliphatic rings. The molecule has 0 saturated carbocycles. The van der Waals surface area contributed by atoms with Crippen molar-refractivity contribution in [1.29, 1.82) is 0 Å². The Morgan fingerprint density at radius 1 is 1.14 bits per heavy atom. The molecule has 2 bridgehead atoms. The van der Waals surface area contributed by atoms with E-state index in [0.717, 1.165) is 5.39 Å². The number of hydrogen-bond donors (Lipinski definition) is 1. The van der Waals surface area contributed by atoms with Crippen LogP contribution in [0.4, 0.5) is 0 Å². The zero-order valence-corrected chi connectivity index (χ0v) is 16.1. The number of benzene rings is 2. The normalized spacial score (nSPS) is 33.8. The Kier molecular flexibility index (Phi) is 2.94. The van der Waals surface area contributed by atoms with Crippen LogP contribution in [0.1, 0.15) is 24.1 Å². The second-order valence-corrected chi connectivity index (χ2v) is 9.42. The second-order valence-electron chi connectivity index (χ2n) is 7.76. The Morgan fingerprint density at radius 3 is 2.72 bits per heavy atom. The van der Waals surface area contributed by atoms with Crippen LogP contribution >= 0.6 is 11.8 Å². The minimum atomic E-state index is -1.88. The summed E-state index contributed by atoms with van der Waals surface area (Å²) in [4.78, 5) is 28.6. The summed E-state index contributed by atoms with van der Waals surface area (Å²) in [6.45, 7) is 1.76. The number of para-hydroxylation sites is 2. The lowest BCUT2D eigenvalue weighted by atomic mass is 9.73. The van der Waals surface area contributed by atoms with Gasteiger partial charge in [0, 0.05) is 10.9 Å². The highest BCUT2D eigenvalue weighted by molar-refractivity contribution is 8.03. The number of fused-ring (bicyclic) bond motifs is 8. The Bertz CT molecular complexity index is 1250. The third-order valence-corrected chi connectivity index (χ3v) is 8.03. The van der Waals surface area contributed by atoms with E-state index in [1.54, 1.807) is 25.1 Å². The van der Waals surface area contributed by atoms with Gasteiger partial charge in [-0.1, -0.05) is 54.2 Å². The fourth-order valence-corrected chi connectivity index (χ4v) is 6.98. The number of hydrogen-bond acceptors (Lipinski definition) is 6. The molecule has 6 rings (SSSR count). The summed E-state index contributed by atoms with van der Waals surface area (Å²) < 4.78 is 5.07. The number of piperidine rings is 1. The van der Waals surface area contributed by atoms with Crippen molar-refractivity contribution in [2.45, 2.75) is 28.2 Å². The van der Waals surface area contributed by atoms with Gasteiger partial charge in [0.25, 0.3) is 0 Å². The average molecular weight is 405 g/mol. The summed E-state index contributed by atoms with van der Waals surface area (Å²) in [5.41, 5.74) is -0.0540. The Hall–Kier alpha value is -3.13. The highest BCUT2D eigenvalue weighted by atomic mass is 32.2. The van der Waals surface area contributed by atoms with E-state index in [0.29, 0.717) is 22.5 Å². The number of amides is 1. The molecule has 3 aliphatic heterocycles. The van der Waals surface area contributed by atoms with Crippen LogP contribution in [0.3, 0.4) is 0 Å². The van der Waals surface area contributed by atoms with E-state index in [1.807, 2.05) is 42.5 Å². The molecule has 144 valence electrons. The first-order valence-corrected chi connectivity index (χ1v) is 10.1. The SMILES string of the molecule is C[C@@]12S[C@@](c3ccc4ccccc4n3)(NC1=O)[C@]1([N+](=O)[O-])Oc3ccccc3[C@H]21. The quantitative estimate of drug-likeness (QED) is 0.520. The zero-order chi connectivity index (χ0) is 20.0. The van der Waals surface area contributed by atoms with E-state index >= 15 is 0 Å². The average Bonchev–Trinajstić information content (AvgIpc) is 3.30. The van der Waals surface area contributed by atoms with Crippen LogP contribution in [0, 0.1) is 10.1 Å². The van der Waals surface area contributed by atoms with Gasteiger partial charge < -0.3 is 10.1 Å². The number of nitrogens with one attached hydrogen (secondary N) is 1. The first-order chi connectivity index (χ1) is 13.9. The van der Waals surface area contributed by atoms with E-state index in [4.69, 9.17) is 9.72 Å². The van der Waals surface area contributed by atoms with E-state index in [9.17, 15) is 14.9 Å². The molecule has 1 N–H and O–H groups in total. The summed E-state index contributed by atoms with van der Waals surface area (Å²) in [6.07, 6.45) is 0. The van der Waals surface area contributed by atoms with E-state index in [-0.39, 0.29) is 10.8 Å². The monoisotopic (exact) mass is 405 g/mol. The molecular weight excluding hydrogens is 390 g/mol. The number of carbonyl (C=O) groups is 1. The molecule has 8 heteroatoms. The largest absolute Gasteiger partial charge is 0.424 e. The standard InChI is InChI=1S/C21H15N3O4S/c1-19-17-13-7-3-5-9-15(13)28-21(17,24(26)27)20(29-19,23-18(19)25)16-11-10-12-6-2-4-8-14(12)22-16/h2-11,17H,1H3,(H,23,25)/t17-,19+,20-,21-/m1/s1. The molecule has 2 aromatic carbocycles. The fraction of sp³-hybridized carbons (Fsp3) is 0.238. The van der Waals surface area contributed by atoms with E-state index in [2.05, 4.69) is 5.32 Å². The van der Waals surface area contributed by atoms with Crippen LogP contribution in [0.25, 0.3) is 10.9 Å². The number of pyridine rings is 1. The van der Waals surface area contributed by atoms with Crippen molar-refractivity contribution >= 4 is 28.6 Å². The van der Waals surface area contributed by atoms with Crippen LogP contribution in [-0.4, -0.2) is 26.3 Å². The molecule has 29 heavy (non-hydrogen) atoms.